The molecule has 4 rings (SSSR count). The molecule has 1 aliphatic heterocycles. The first kappa shape index (κ1) is 20.2. The van der Waals surface area contributed by atoms with E-state index < -0.39 is 11.8 Å². The minimum absolute atomic E-state index is 0.178. The van der Waals surface area contributed by atoms with Crippen LogP contribution in [-0.4, -0.2) is 22.5 Å². The van der Waals surface area contributed by atoms with Gasteiger partial charge in [0.15, 0.2) is 0 Å². The molecule has 1 heterocycles. The van der Waals surface area contributed by atoms with Crippen LogP contribution in [0.3, 0.4) is 0 Å². The van der Waals surface area contributed by atoms with Crippen LogP contribution in [-0.2, 0) is 11.4 Å². The number of hydrazone groups is 1. The average Bonchev–Trinajstić information content (AvgIpc) is 3.07. The maximum atomic E-state index is 13.4. The number of benzene rings is 3. The number of ether oxygens (including phenoxy) is 1. The van der Waals surface area contributed by atoms with Gasteiger partial charge in [-0.2, -0.15) is 10.1 Å². The minimum Gasteiger partial charge on any atom is -0.488 e. The molecule has 0 bridgehead atoms. The normalized spacial score (nSPS) is 14.6. The predicted molar refractivity (Wildman–Crippen MR) is 116 cm³/mol. The summed E-state index contributed by atoms with van der Waals surface area (Å²) in [7, 11) is 0. The predicted octanol–water partition coefficient (Wildman–Crippen LogP) is 4.85. The smallest absolute Gasteiger partial charge is 0.283 e. The van der Waals surface area contributed by atoms with Crippen LogP contribution in [0.4, 0.5) is 4.39 Å². The number of amides is 2. The number of hydrogen-bond donors (Lipinski definition) is 0. The van der Waals surface area contributed by atoms with Crippen LogP contribution >= 0.6 is 0 Å². The molecule has 0 radical (unpaired) electrons. The molecule has 1 aliphatic rings. The summed E-state index contributed by atoms with van der Waals surface area (Å²) in [4.78, 5) is 25.6. The van der Waals surface area contributed by atoms with Crippen LogP contribution < -0.4 is 4.74 Å². The summed E-state index contributed by atoms with van der Waals surface area (Å²) in [5.41, 5.74) is 2.48. The number of halogens is 1. The molecule has 6 heteroatoms. The fraction of sp³-hybridized carbons (Fsp3) is 0.0800. The number of nitrogens with zero attached hydrogens (tertiary/aromatic N) is 2. The Hall–Kier alpha value is -4.06. The molecule has 31 heavy (non-hydrogen) atoms. The number of hydrogen-bond acceptors (Lipinski definition) is 4. The van der Waals surface area contributed by atoms with Gasteiger partial charge in [-0.15, -0.1) is 0 Å². The van der Waals surface area contributed by atoms with E-state index in [1.165, 1.54) is 12.1 Å². The van der Waals surface area contributed by atoms with E-state index in [9.17, 15) is 14.0 Å². The first-order valence-electron chi connectivity index (χ1n) is 9.70. The van der Waals surface area contributed by atoms with Crippen molar-refractivity contribution >= 4 is 23.6 Å². The molecule has 154 valence electrons. The average molecular weight is 414 g/mol. The molecule has 0 saturated carbocycles. The SMILES string of the molecule is CC1=NN(C(=O)c2ccccc2)C(=O)/C1=C/c1ccccc1OCc1cccc(F)c1. The van der Waals surface area contributed by atoms with Crippen LogP contribution in [0.2, 0.25) is 0 Å². The van der Waals surface area contributed by atoms with Crippen molar-refractivity contribution in [1.29, 1.82) is 0 Å². The second kappa shape index (κ2) is 8.75. The van der Waals surface area contributed by atoms with E-state index in [0.29, 0.717) is 33.7 Å². The number of carbonyl (C=O) groups is 2. The second-order valence-corrected chi connectivity index (χ2v) is 6.99. The molecule has 0 saturated heterocycles. The standard InChI is InChI=1S/C25H19FN2O3/c1-17-22(25(30)28(27-17)24(29)19-9-3-2-4-10-19)15-20-11-5-6-13-23(20)31-16-18-8-7-12-21(26)14-18/h2-15H,16H2,1H3/b22-15+. The van der Waals surface area contributed by atoms with Crippen LogP contribution in [0.25, 0.3) is 6.08 Å². The third-order valence-corrected chi connectivity index (χ3v) is 4.78. The number of para-hydroxylation sites is 1. The quantitative estimate of drug-likeness (QED) is 0.443. The topological polar surface area (TPSA) is 59.0 Å². The summed E-state index contributed by atoms with van der Waals surface area (Å²) in [6.07, 6.45) is 1.65. The molecule has 2 amide bonds. The Morgan fingerprint density at radius 2 is 1.77 bits per heavy atom. The molecule has 0 spiro atoms. The zero-order chi connectivity index (χ0) is 21.8. The van der Waals surface area contributed by atoms with Crippen LogP contribution in [0.1, 0.15) is 28.4 Å². The largest absolute Gasteiger partial charge is 0.488 e. The van der Waals surface area contributed by atoms with Crippen LogP contribution in [0.5, 0.6) is 5.75 Å². The van der Waals surface area contributed by atoms with E-state index in [2.05, 4.69) is 5.10 Å². The van der Waals surface area contributed by atoms with Gasteiger partial charge in [-0.1, -0.05) is 48.5 Å². The third-order valence-electron chi connectivity index (χ3n) is 4.78. The molecular weight excluding hydrogens is 395 g/mol. The van der Waals surface area contributed by atoms with Gasteiger partial charge < -0.3 is 4.74 Å². The fourth-order valence-corrected chi connectivity index (χ4v) is 3.20. The zero-order valence-electron chi connectivity index (χ0n) is 16.8. The monoisotopic (exact) mass is 414 g/mol. The first-order valence-corrected chi connectivity index (χ1v) is 9.70. The van der Waals surface area contributed by atoms with Crippen molar-refractivity contribution in [2.24, 2.45) is 5.10 Å². The van der Waals surface area contributed by atoms with Crippen molar-refractivity contribution < 1.29 is 18.7 Å². The summed E-state index contributed by atoms with van der Waals surface area (Å²) in [5.74, 6) is -0.772. The number of imide groups is 1. The molecule has 3 aromatic carbocycles. The lowest BCUT2D eigenvalue weighted by Gasteiger charge is -2.11. The highest BCUT2D eigenvalue weighted by atomic mass is 19.1. The van der Waals surface area contributed by atoms with Gasteiger partial charge in [0, 0.05) is 11.1 Å². The van der Waals surface area contributed by atoms with Crippen molar-refractivity contribution in [3.63, 3.8) is 0 Å². The van der Waals surface area contributed by atoms with E-state index in [1.807, 2.05) is 12.1 Å². The van der Waals surface area contributed by atoms with Gasteiger partial charge in [0.25, 0.3) is 11.8 Å². The summed E-state index contributed by atoms with van der Waals surface area (Å²) >= 11 is 0. The second-order valence-electron chi connectivity index (χ2n) is 6.99. The lowest BCUT2D eigenvalue weighted by molar-refractivity contribution is -0.123. The zero-order valence-corrected chi connectivity index (χ0v) is 16.8. The van der Waals surface area contributed by atoms with Crippen molar-refractivity contribution in [3.05, 3.63) is 107 Å². The lowest BCUT2D eigenvalue weighted by atomic mass is 10.1. The maximum Gasteiger partial charge on any atom is 0.283 e. The van der Waals surface area contributed by atoms with E-state index in [1.54, 1.807) is 67.6 Å². The maximum absolute atomic E-state index is 13.4. The molecule has 5 nitrogen and oxygen atoms in total. The van der Waals surface area contributed by atoms with Crippen molar-refractivity contribution in [2.45, 2.75) is 13.5 Å². The molecule has 0 atom stereocenters. The molecular formula is C25H19FN2O3. The Bertz CT molecular complexity index is 1200. The summed E-state index contributed by atoms with van der Waals surface area (Å²) in [5, 5.41) is 5.04. The molecule has 0 fully saturated rings. The van der Waals surface area contributed by atoms with Crippen LogP contribution in [0, 0.1) is 5.82 Å². The van der Waals surface area contributed by atoms with E-state index in [0.717, 1.165) is 5.01 Å². The highest BCUT2D eigenvalue weighted by molar-refractivity contribution is 6.30. The summed E-state index contributed by atoms with van der Waals surface area (Å²) in [6.45, 7) is 1.86. The van der Waals surface area contributed by atoms with Crippen molar-refractivity contribution in [2.75, 3.05) is 0 Å². The highest BCUT2D eigenvalue weighted by Crippen LogP contribution is 2.26. The van der Waals surface area contributed by atoms with Gasteiger partial charge in [0.05, 0.1) is 11.3 Å². The molecule has 0 N–H and O–H groups in total. The van der Waals surface area contributed by atoms with Gasteiger partial charge in [-0.3, -0.25) is 9.59 Å². The minimum atomic E-state index is -0.494. The lowest BCUT2D eigenvalue weighted by Crippen LogP contribution is -2.29. The third kappa shape index (κ3) is 4.43. The molecule has 0 unspecified atom stereocenters. The Morgan fingerprint density at radius 3 is 2.55 bits per heavy atom. The van der Waals surface area contributed by atoms with Gasteiger partial charge in [-0.25, -0.2) is 4.39 Å². The highest BCUT2D eigenvalue weighted by Gasteiger charge is 2.33. The van der Waals surface area contributed by atoms with E-state index in [-0.39, 0.29) is 12.4 Å². The fourth-order valence-electron chi connectivity index (χ4n) is 3.20. The van der Waals surface area contributed by atoms with Gasteiger partial charge in [0.1, 0.15) is 18.2 Å². The number of rotatable bonds is 5. The molecule has 0 aliphatic carbocycles. The Kier molecular flexibility index (Phi) is 5.71. The number of carbonyl (C=O) groups excluding carboxylic acids is 2. The Labute approximate surface area is 179 Å². The van der Waals surface area contributed by atoms with Gasteiger partial charge in [0.2, 0.25) is 0 Å². The van der Waals surface area contributed by atoms with E-state index in [4.69, 9.17) is 4.74 Å². The molecule has 0 aromatic heterocycles. The van der Waals surface area contributed by atoms with Gasteiger partial charge >= 0.3 is 0 Å². The van der Waals surface area contributed by atoms with Crippen LogP contribution in [0.15, 0.2) is 89.5 Å². The Balaban J connectivity index is 1.57. The first-order chi connectivity index (χ1) is 15.0. The van der Waals surface area contributed by atoms with Crippen molar-refractivity contribution in [3.8, 4) is 5.75 Å². The van der Waals surface area contributed by atoms with E-state index >= 15 is 0 Å². The summed E-state index contributed by atoms with van der Waals surface area (Å²) in [6, 6.07) is 21.9. The Morgan fingerprint density at radius 1 is 1.03 bits per heavy atom. The van der Waals surface area contributed by atoms with Gasteiger partial charge in [-0.05, 0) is 48.9 Å². The summed E-state index contributed by atoms with van der Waals surface area (Å²) < 4.78 is 19.3. The van der Waals surface area contributed by atoms with Crippen molar-refractivity contribution in [1.82, 2.24) is 5.01 Å². The molecule has 3 aromatic rings.